The van der Waals surface area contributed by atoms with Crippen LogP contribution in [0.5, 0.6) is 0 Å². The molecule has 5 nitrogen and oxygen atoms in total. The summed E-state index contributed by atoms with van der Waals surface area (Å²) >= 11 is 0. The molecule has 0 spiro atoms. The van der Waals surface area contributed by atoms with E-state index in [-0.39, 0.29) is 30.1 Å². The fourth-order valence-corrected chi connectivity index (χ4v) is 4.03. The maximum atomic E-state index is 12.7. The third-order valence-electron chi connectivity index (χ3n) is 4.89. The van der Waals surface area contributed by atoms with Crippen LogP contribution in [0.25, 0.3) is 0 Å². The number of nitrogens with one attached hydrogen (secondary N) is 2. The van der Waals surface area contributed by atoms with E-state index in [4.69, 9.17) is 0 Å². The number of carbonyl (C=O) groups is 2. The molecule has 0 radical (unpaired) electrons. The SMILES string of the molecule is CC(=O)NC1C[C@H]2CCC[C@H](C1)N2C(=O)Nc1cccc(C)c1. The van der Waals surface area contributed by atoms with Gasteiger partial charge >= 0.3 is 6.03 Å². The molecule has 23 heavy (non-hydrogen) atoms. The van der Waals surface area contributed by atoms with E-state index in [2.05, 4.69) is 10.6 Å². The first kappa shape index (κ1) is 15.8. The van der Waals surface area contributed by atoms with Gasteiger partial charge in [-0.05, 0) is 56.7 Å². The lowest BCUT2D eigenvalue weighted by Crippen LogP contribution is -2.59. The highest BCUT2D eigenvalue weighted by atomic mass is 16.2. The Balaban J connectivity index is 1.69. The Labute approximate surface area is 137 Å². The Hall–Kier alpha value is -2.04. The fourth-order valence-electron chi connectivity index (χ4n) is 4.03. The highest BCUT2D eigenvalue weighted by Gasteiger charge is 2.41. The molecule has 2 atom stereocenters. The third-order valence-corrected chi connectivity index (χ3v) is 4.89. The highest BCUT2D eigenvalue weighted by Crippen LogP contribution is 2.34. The molecule has 2 aliphatic heterocycles. The van der Waals surface area contributed by atoms with Crippen molar-refractivity contribution in [3.05, 3.63) is 29.8 Å². The maximum absolute atomic E-state index is 12.7. The second-order valence-corrected chi connectivity index (χ2v) is 6.81. The lowest BCUT2D eigenvalue weighted by molar-refractivity contribution is -0.120. The first-order chi connectivity index (χ1) is 11.0. The normalized spacial score (nSPS) is 26.5. The Kier molecular flexibility index (Phi) is 4.55. The van der Waals surface area contributed by atoms with Crippen molar-refractivity contribution >= 4 is 17.6 Å². The molecular weight excluding hydrogens is 290 g/mol. The molecule has 5 heteroatoms. The number of amides is 3. The molecule has 0 aliphatic carbocycles. The summed E-state index contributed by atoms with van der Waals surface area (Å²) in [7, 11) is 0. The van der Waals surface area contributed by atoms with E-state index in [0.29, 0.717) is 0 Å². The molecule has 1 aromatic carbocycles. The smallest absolute Gasteiger partial charge is 0.322 e. The number of benzene rings is 1. The molecular formula is C18H25N3O2. The monoisotopic (exact) mass is 315 g/mol. The summed E-state index contributed by atoms with van der Waals surface area (Å²) in [6.45, 7) is 3.58. The van der Waals surface area contributed by atoms with Gasteiger partial charge in [-0.2, -0.15) is 0 Å². The van der Waals surface area contributed by atoms with Gasteiger partial charge in [-0.25, -0.2) is 4.79 Å². The zero-order chi connectivity index (χ0) is 16.4. The van der Waals surface area contributed by atoms with Crippen molar-refractivity contribution in [2.24, 2.45) is 0 Å². The van der Waals surface area contributed by atoms with E-state index in [1.165, 1.54) is 0 Å². The molecule has 3 amide bonds. The van der Waals surface area contributed by atoms with Gasteiger partial charge in [0.25, 0.3) is 0 Å². The zero-order valence-electron chi connectivity index (χ0n) is 13.8. The van der Waals surface area contributed by atoms with Crippen LogP contribution in [-0.4, -0.2) is 35.0 Å². The average molecular weight is 315 g/mol. The Morgan fingerprint density at radius 3 is 2.48 bits per heavy atom. The molecule has 2 bridgehead atoms. The fraction of sp³-hybridized carbons (Fsp3) is 0.556. The van der Waals surface area contributed by atoms with Crippen LogP contribution in [0.15, 0.2) is 24.3 Å². The van der Waals surface area contributed by atoms with E-state index in [9.17, 15) is 9.59 Å². The molecule has 0 aromatic heterocycles. The van der Waals surface area contributed by atoms with Crippen LogP contribution < -0.4 is 10.6 Å². The first-order valence-electron chi connectivity index (χ1n) is 8.46. The summed E-state index contributed by atoms with van der Waals surface area (Å²) < 4.78 is 0. The van der Waals surface area contributed by atoms with Crippen molar-refractivity contribution in [2.75, 3.05) is 5.32 Å². The van der Waals surface area contributed by atoms with E-state index in [1.807, 2.05) is 36.1 Å². The predicted molar refractivity (Wildman–Crippen MR) is 90.3 cm³/mol. The topological polar surface area (TPSA) is 61.4 Å². The number of fused-ring (bicyclic) bond motifs is 2. The van der Waals surface area contributed by atoms with Crippen LogP contribution in [0.3, 0.4) is 0 Å². The van der Waals surface area contributed by atoms with Crippen LogP contribution >= 0.6 is 0 Å². The van der Waals surface area contributed by atoms with Crippen molar-refractivity contribution in [3.8, 4) is 0 Å². The van der Waals surface area contributed by atoms with Gasteiger partial charge < -0.3 is 15.5 Å². The van der Waals surface area contributed by atoms with E-state index in [0.717, 1.165) is 43.4 Å². The van der Waals surface area contributed by atoms with Crippen molar-refractivity contribution in [3.63, 3.8) is 0 Å². The van der Waals surface area contributed by atoms with Crippen LogP contribution in [0.4, 0.5) is 10.5 Å². The number of nitrogens with zero attached hydrogens (tertiary/aromatic N) is 1. The van der Waals surface area contributed by atoms with Gasteiger partial charge in [-0.15, -0.1) is 0 Å². The summed E-state index contributed by atoms with van der Waals surface area (Å²) in [4.78, 5) is 26.1. The molecule has 0 unspecified atom stereocenters. The van der Waals surface area contributed by atoms with Crippen molar-refractivity contribution < 1.29 is 9.59 Å². The van der Waals surface area contributed by atoms with E-state index in [1.54, 1.807) is 6.92 Å². The molecule has 0 saturated carbocycles. The molecule has 1 aromatic rings. The number of rotatable bonds is 2. The van der Waals surface area contributed by atoms with Crippen LogP contribution in [-0.2, 0) is 4.79 Å². The van der Waals surface area contributed by atoms with E-state index < -0.39 is 0 Å². The van der Waals surface area contributed by atoms with Gasteiger partial charge in [0.15, 0.2) is 0 Å². The molecule has 2 N–H and O–H groups in total. The number of carbonyl (C=O) groups excluding carboxylic acids is 2. The number of urea groups is 1. The number of piperidine rings is 2. The largest absolute Gasteiger partial charge is 0.353 e. The second kappa shape index (κ2) is 6.60. The van der Waals surface area contributed by atoms with Gasteiger partial charge in [-0.3, -0.25) is 4.79 Å². The van der Waals surface area contributed by atoms with Crippen LogP contribution in [0, 0.1) is 6.92 Å². The molecule has 124 valence electrons. The van der Waals surface area contributed by atoms with Crippen LogP contribution in [0.1, 0.15) is 44.6 Å². The summed E-state index contributed by atoms with van der Waals surface area (Å²) in [5.41, 5.74) is 1.98. The highest BCUT2D eigenvalue weighted by molar-refractivity contribution is 5.90. The molecule has 2 fully saturated rings. The Morgan fingerprint density at radius 2 is 1.87 bits per heavy atom. The van der Waals surface area contributed by atoms with Crippen molar-refractivity contribution in [2.45, 2.75) is 64.1 Å². The van der Waals surface area contributed by atoms with Crippen molar-refractivity contribution in [1.29, 1.82) is 0 Å². The lowest BCUT2D eigenvalue weighted by atomic mass is 9.82. The quantitative estimate of drug-likeness (QED) is 0.881. The maximum Gasteiger partial charge on any atom is 0.322 e. The van der Waals surface area contributed by atoms with Gasteiger partial charge in [0.1, 0.15) is 0 Å². The van der Waals surface area contributed by atoms with Gasteiger partial charge in [-0.1, -0.05) is 12.1 Å². The molecule has 2 heterocycles. The minimum atomic E-state index is -0.00780. The van der Waals surface area contributed by atoms with E-state index >= 15 is 0 Å². The van der Waals surface area contributed by atoms with Crippen molar-refractivity contribution in [1.82, 2.24) is 10.2 Å². The number of aryl methyl sites for hydroxylation is 1. The number of hydrogen-bond acceptors (Lipinski definition) is 2. The molecule has 2 saturated heterocycles. The molecule has 3 rings (SSSR count). The van der Waals surface area contributed by atoms with Crippen LogP contribution in [0.2, 0.25) is 0 Å². The predicted octanol–water partition coefficient (Wildman–Crippen LogP) is 3.05. The first-order valence-corrected chi connectivity index (χ1v) is 8.46. The standard InChI is InChI=1S/C18H25N3O2/c1-12-5-3-6-14(9-12)20-18(23)21-16-7-4-8-17(21)11-15(10-16)19-13(2)22/h3,5-6,9,15-17H,4,7-8,10-11H2,1-2H3,(H,19,22)(H,20,23)/t16-,17-/m1/s1. The molecule has 2 aliphatic rings. The summed E-state index contributed by atoms with van der Waals surface area (Å²) in [5, 5.41) is 6.07. The number of hydrogen-bond donors (Lipinski definition) is 2. The average Bonchev–Trinajstić information content (AvgIpc) is 2.45. The van der Waals surface area contributed by atoms with Gasteiger partial charge in [0.2, 0.25) is 5.91 Å². The minimum Gasteiger partial charge on any atom is -0.353 e. The third kappa shape index (κ3) is 3.66. The summed E-state index contributed by atoms with van der Waals surface area (Å²) in [6, 6.07) is 8.52. The summed E-state index contributed by atoms with van der Waals surface area (Å²) in [5.74, 6) is 0.0192. The Bertz CT molecular complexity index is 588. The zero-order valence-corrected chi connectivity index (χ0v) is 13.8. The second-order valence-electron chi connectivity index (χ2n) is 6.81. The minimum absolute atomic E-state index is 0.00780. The Morgan fingerprint density at radius 1 is 1.17 bits per heavy atom. The summed E-state index contributed by atoms with van der Waals surface area (Å²) in [6.07, 6.45) is 4.92. The lowest BCUT2D eigenvalue weighted by Gasteiger charge is -2.48. The number of anilines is 1. The van der Waals surface area contributed by atoms with Gasteiger partial charge in [0, 0.05) is 30.7 Å². The van der Waals surface area contributed by atoms with Gasteiger partial charge in [0.05, 0.1) is 0 Å².